The number of aromatic nitrogens is 3. The van der Waals surface area contributed by atoms with Crippen LogP contribution in [0, 0.1) is 0 Å². The summed E-state index contributed by atoms with van der Waals surface area (Å²) >= 11 is 6.05. The van der Waals surface area contributed by atoms with Gasteiger partial charge in [0.05, 0.1) is 15.7 Å². The van der Waals surface area contributed by atoms with E-state index < -0.39 is 40.9 Å². The van der Waals surface area contributed by atoms with E-state index in [1.807, 2.05) is 5.32 Å². The normalized spacial score (nSPS) is 12.4. The van der Waals surface area contributed by atoms with Gasteiger partial charge in [0, 0.05) is 0 Å². The van der Waals surface area contributed by atoms with Gasteiger partial charge in [-0.15, -0.1) is 0 Å². The van der Waals surface area contributed by atoms with Gasteiger partial charge in [-0.05, 0) is 62.2 Å². The average molecular weight is 598 g/mol. The molecule has 0 saturated heterocycles. The molecule has 0 radical (unpaired) electrons. The zero-order chi connectivity index (χ0) is 24.1. The van der Waals surface area contributed by atoms with Crippen molar-refractivity contribution in [3.63, 3.8) is 0 Å². The van der Waals surface area contributed by atoms with Crippen LogP contribution < -0.4 is 5.32 Å². The largest absolute Gasteiger partial charge is 0.448 e. The van der Waals surface area contributed by atoms with Gasteiger partial charge in [-0.2, -0.15) is 31.4 Å². The highest BCUT2D eigenvalue weighted by molar-refractivity contribution is 9.10. The van der Waals surface area contributed by atoms with Crippen molar-refractivity contribution in [2.45, 2.75) is 12.4 Å². The van der Waals surface area contributed by atoms with Crippen molar-refractivity contribution in [1.29, 1.82) is 0 Å². The van der Waals surface area contributed by atoms with Gasteiger partial charge in [0.2, 0.25) is 0 Å². The van der Waals surface area contributed by atoms with Gasteiger partial charge in [0.1, 0.15) is 5.69 Å². The molecule has 0 aliphatic heterocycles. The molecule has 0 aliphatic carbocycles. The van der Waals surface area contributed by atoms with E-state index in [1.54, 1.807) is 0 Å². The number of rotatable bonds is 3. The summed E-state index contributed by atoms with van der Waals surface area (Å²) in [5, 5.41) is 5.71. The molecule has 14 heteroatoms. The molecule has 33 heavy (non-hydrogen) atoms. The zero-order valence-corrected chi connectivity index (χ0v) is 18.9. The lowest BCUT2D eigenvalue weighted by Gasteiger charge is -2.12. The summed E-state index contributed by atoms with van der Waals surface area (Å²) in [5.74, 6) is -1.16. The predicted octanol–water partition coefficient (Wildman–Crippen LogP) is 6.80. The number of nitrogens with one attached hydrogen (secondary N) is 1. The molecule has 6 nitrogen and oxygen atoms in total. The molecule has 4 aromatic rings. The highest BCUT2D eigenvalue weighted by Crippen LogP contribution is 2.37. The number of carbonyl (C=O) groups is 1. The third kappa shape index (κ3) is 4.49. The molecule has 0 aliphatic rings. The Bertz CT molecular complexity index is 1380. The smallest absolute Gasteiger partial charge is 0.433 e. The fraction of sp³-hybridized carbons (Fsp3) is 0.105. The van der Waals surface area contributed by atoms with Crippen LogP contribution in [0.4, 0.5) is 32.0 Å². The first-order chi connectivity index (χ1) is 15.4. The number of halogens is 8. The highest BCUT2D eigenvalue weighted by atomic mass is 79.9. The Morgan fingerprint density at radius 1 is 1.00 bits per heavy atom. The Morgan fingerprint density at radius 2 is 1.70 bits per heavy atom. The summed E-state index contributed by atoms with van der Waals surface area (Å²) in [5.41, 5.74) is -4.16. The number of nitrogens with zero attached hydrogens (tertiary/aromatic N) is 3. The van der Waals surface area contributed by atoms with E-state index in [-0.39, 0.29) is 26.2 Å². The second-order valence-corrected chi connectivity index (χ2v) is 8.10. The fourth-order valence-electron chi connectivity index (χ4n) is 2.94. The lowest BCUT2D eigenvalue weighted by atomic mass is 10.1. The van der Waals surface area contributed by atoms with Crippen molar-refractivity contribution < 1.29 is 35.6 Å². The summed E-state index contributed by atoms with van der Waals surface area (Å²) in [6.07, 6.45) is -9.67. The van der Waals surface area contributed by atoms with Crippen LogP contribution in [0.25, 0.3) is 17.1 Å². The van der Waals surface area contributed by atoms with Crippen LogP contribution in [-0.2, 0) is 12.4 Å². The summed E-state index contributed by atoms with van der Waals surface area (Å²) in [6.45, 7) is 0. The molecule has 1 amide bonds. The standard InChI is InChI=1S/C19H8Br2F6N4O2/c20-13-6-5-11(33-13)10-7-12(19(25,26)27)31-16(28-10)14(21)15(30-31)17(32)29-9-4-2-1-3-8(9)18(22,23)24/h1-7H,(H,29,32). The quantitative estimate of drug-likeness (QED) is 0.264. The Morgan fingerprint density at radius 3 is 2.30 bits per heavy atom. The number of carbonyl (C=O) groups excluding carboxylic acids is 1. The Balaban J connectivity index is 1.83. The molecular formula is C19H8Br2F6N4O2. The van der Waals surface area contributed by atoms with E-state index in [4.69, 9.17) is 4.42 Å². The van der Waals surface area contributed by atoms with E-state index in [0.29, 0.717) is 10.6 Å². The van der Waals surface area contributed by atoms with E-state index in [9.17, 15) is 31.1 Å². The minimum Gasteiger partial charge on any atom is -0.448 e. The van der Waals surface area contributed by atoms with Crippen LogP contribution in [0.1, 0.15) is 21.7 Å². The van der Waals surface area contributed by atoms with Gasteiger partial charge in [-0.3, -0.25) is 4.79 Å². The molecule has 0 unspecified atom stereocenters. The van der Waals surface area contributed by atoms with Crippen LogP contribution in [-0.4, -0.2) is 20.5 Å². The van der Waals surface area contributed by atoms with Gasteiger partial charge < -0.3 is 9.73 Å². The van der Waals surface area contributed by atoms with E-state index in [1.165, 1.54) is 18.2 Å². The van der Waals surface area contributed by atoms with Crippen molar-refractivity contribution in [2.24, 2.45) is 0 Å². The van der Waals surface area contributed by atoms with Gasteiger partial charge >= 0.3 is 12.4 Å². The number of amides is 1. The van der Waals surface area contributed by atoms with Crippen molar-refractivity contribution in [1.82, 2.24) is 14.6 Å². The molecule has 3 aromatic heterocycles. The number of hydrogen-bond donors (Lipinski definition) is 1. The summed E-state index contributed by atoms with van der Waals surface area (Å²) in [6, 6.07) is 7.68. The van der Waals surface area contributed by atoms with Gasteiger partial charge in [0.25, 0.3) is 5.91 Å². The molecule has 3 heterocycles. The number of furan rings is 1. The second-order valence-electron chi connectivity index (χ2n) is 6.52. The van der Waals surface area contributed by atoms with Crippen LogP contribution in [0.15, 0.2) is 56.0 Å². The third-order valence-electron chi connectivity index (χ3n) is 4.34. The average Bonchev–Trinajstić information content (AvgIpc) is 3.30. The number of hydrogen-bond acceptors (Lipinski definition) is 4. The second kappa shape index (κ2) is 8.17. The topological polar surface area (TPSA) is 72.4 Å². The molecule has 0 fully saturated rings. The first-order valence-corrected chi connectivity index (χ1v) is 10.3. The van der Waals surface area contributed by atoms with Crippen molar-refractivity contribution in [3.8, 4) is 11.5 Å². The minimum absolute atomic E-state index is 0.00748. The maximum atomic E-state index is 13.7. The zero-order valence-electron chi connectivity index (χ0n) is 15.7. The molecule has 172 valence electrons. The van der Waals surface area contributed by atoms with E-state index in [2.05, 4.69) is 41.9 Å². The van der Waals surface area contributed by atoms with Gasteiger partial charge in [-0.1, -0.05) is 12.1 Å². The molecule has 1 aromatic carbocycles. The fourth-order valence-corrected chi connectivity index (χ4v) is 3.76. The number of anilines is 1. The van der Waals surface area contributed by atoms with E-state index in [0.717, 1.165) is 18.2 Å². The first-order valence-electron chi connectivity index (χ1n) is 8.76. The molecule has 1 N–H and O–H groups in total. The van der Waals surface area contributed by atoms with Crippen molar-refractivity contribution in [3.05, 3.63) is 68.6 Å². The first kappa shape index (κ1) is 23.3. The lowest BCUT2D eigenvalue weighted by molar-refractivity contribution is -0.142. The maximum absolute atomic E-state index is 13.7. The highest BCUT2D eigenvalue weighted by Gasteiger charge is 2.37. The number of fused-ring (bicyclic) bond motifs is 1. The SMILES string of the molecule is O=C(Nc1ccccc1C(F)(F)F)c1nn2c(C(F)(F)F)cc(-c3ccc(Br)o3)nc2c1Br. The molecule has 0 saturated carbocycles. The predicted molar refractivity (Wildman–Crippen MR) is 110 cm³/mol. The minimum atomic E-state index is -4.90. The van der Waals surface area contributed by atoms with Gasteiger partial charge in [0.15, 0.2) is 27.5 Å². The maximum Gasteiger partial charge on any atom is 0.433 e. The van der Waals surface area contributed by atoms with Crippen LogP contribution in [0.3, 0.4) is 0 Å². The molecule has 4 rings (SSSR count). The lowest BCUT2D eigenvalue weighted by Crippen LogP contribution is -2.18. The summed E-state index contributed by atoms with van der Waals surface area (Å²) in [7, 11) is 0. The Kier molecular flexibility index (Phi) is 5.76. The molecule has 0 bridgehead atoms. The van der Waals surface area contributed by atoms with Crippen LogP contribution in [0.2, 0.25) is 0 Å². The van der Waals surface area contributed by atoms with Crippen LogP contribution >= 0.6 is 31.9 Å². The van der Waals surface area contributed by atoms with Crippen molar-refractivity contribution >= 4 is 49.1 Å². The van der Waals surface area contributed by atoms with E-state index >= 15 is 0 Å². The number of benzene rings is 1. The Labute approximate surface area is 196 Å². The molecule has 0 atom stereocenters. The molecule has 0 spiro atoms. The van der Waals surface area contributed by atoms with Gasteiger partial charge in [-0.25, -0.2) is 9.50 Å². The summed E-state index contributed by atoms with van der Waals surface area (Å²) in [4.78, 5) is 16.8. The summed E-state index contributed by atoms with van der Waals surface area (Å²) < 4.78 is 86.5. The van der Waals surface area contributed by atoms with Crippen LogP contribution in [0.5, 0.6) is 0 Å². The number of alkyl halides is 6. The third-order valence-corrected chi connectivity index (χ3v) is 5.50. The molecular weight excluding hydrogens is 590 g/mol. The Hall–Kier alpha value is -2.87. The van der Waals surface area contributed by atoms with Crippen molar-refractivity contribution in [2.75, 3.05) is 5.32 Å². The number of para-hydroxylation sites is 1. The monoisotopic (exact) mass is 596 g/mol.